The van der Waals surface area contributed by atoms with E-state index in [1.807, 2.05) is 4.72 Å². The predicted molar refractivity (Wildman–Crippen MR) is 101 cm³/mol. The van der Waals surface area contributed by atoms with Gasteiger partial charge in [-0.3, -0.25) is 4.72 Å². The van der Waals surface area contributed by atoms with E-state index in [0.717, 1.165) is 6.20 Å². The second-order valence-corrected chi connectivity index (χ2v) is 8.16. The van der Waals surface area contributed by atoms with Crippen LogP contribution in [0.5, 0.6) is 0 Å². The summed E-state index contributed by atoms with van der Waals surface area (Å²) in [5, 5.41) is 0.176. The van der Waals surface area contributed by atoms with Gasteiger partial charge in [-0.15, -0.1) is 0 Å². The van der Waals surface area contributed by atoms with Gasteiger partial charge >= 0.3 is 0 Å². The Labute approximate surface area is 166 Å². The molecule has 150 valence electrons. The first kappa shape index (κ1) is 19.5. The van der Waals surface area contributed by atoms with Gasteiger partial charge in [0, 0.05) is 23.0 Å². The van der Waals surface area contributed by atoms with Crippen LogP contribution in [0.25, 0.3) is 21.8 Å². The molecule has 4 aromatic rings. The molecule has 2 N–H and O–H groups in total. The van der Waals surface area contributed by atoms with Crippen molar-refractivity contribution >= 4 is 49.1 Å². The van der Waals surface area contributed by atoms with Gasteiger partial charge in [0.1, 0.15) is 22.2 Å². The smallest absolute Gasteiger partial charge is 0.280 e. The van der Waals surface area contributed by atoms with Crippen molar-refractivity contribution in [3.05, 3.63) is 64.9 Å². The highest BCUT2D eigenvalue weighted by atomic mass is 35.5. The van der Waals surface area contributed by atoms with Crippen molar-refractivity contribution in [2.24, 2.45) is 0 Å². The largest absolute Gasteiger partial charge is 0.358 e. The number of aromatic nitrogens is 2. The summed E-state index contributed by atoms with van der Waals surface area (Å²) in [6, 6.07) is 6.88. The van der Waals surface area contributed by atoms with Crippen LogP contribution < -0.4 is 4.72 Å². The summed E-state index contributed by atoms with van der Waals surface area (Å²) in [7, 11) is -4.35. The Bertz CT molecular complexity index is 1370. The van der Waals surface area contributed by atoms with Crippen LogP contribution >= 0.6 is 11.6 Å². The lowest BCUT2D eigenvalue weighted by atomic mass is 10.1. The Kier molecular flexibility index (Phi) is 4.62. The fraction of sp³-hybridized carbons (Fsp3) is 0.0556. The number of aromatic amines is 1. The average Bonchev–Trinajstić information content (AvgIpc) is 3.11. The van der Waals surface area contributed by atoms with Crippen LogP contribution in [0.15, 0.2) is 47.5 Å². The quantitative estimate of drug-likeness (QED) is 0.328. The molecule has 0 aliphatic carbocycles. The molecule has 0 saturated carbocycles. The molecule has 0 atom stereocenters. The summed E-state index contributed by atoms with van der Waals surface area (Å²) in [6.45, 7) is 0. The molecule has 11 heteroatoms. The highest BCUT2D eigenvalue weighted by Crippen LogP contribution is 2.32. The van der Waals surface area contributed by atoms with Crippen LogP contribution in [0, 0.1) is 11.6 Å². The van der Waals surface area contributed by atoms with Crippen molar-refractivity contribution in [3.63, 3.8) is 0 Å². The maximum absolute atomic E-state index is 14.0. The zero-order valence-electron chi connectivity index (χ0n) is 14.2. The molecule has 0 radical (unpaired) electrons. The fourth-order valence-corrected chi connectivity index (χ4v) is 4.29. The molecule has 0 bridgehead atoms. The fourth-order valence-electron chi connectivity index (χ4n) is 2.92. The van der Waals surface area contributed by atoms with Gasteiger partial charge < -0.3 is 4.98 Å². The molecule has 0 aliphatic rings. The lowest BCUT2D eigenvalue weighted by Crippen LogP contribution is -2.14. The van der Waals surface area contributed by atoms with E-state index in [4.69, 9.17) is 11.6 Å². The summed E-state index contributed by atoms with van der Waals surface area (Å²) < 4.78 is 81.0. The first-order chi connectivity index (χ1) is 13.7. The third kappa shape index (κ3) is 3.38. The second kappa shape index (κ2) is 6.89. The number of anilines is 1. The summed E-state index contributed by atoms with van der Waals surface area (Å²) in [4.78, 5) is 6.32. The van der Waals surface area contributed by atoms with Crippen LogP contribution in [0.1, 0.15) is 12.1 Å². The molecule has 0 spiro atoms. The minimum atomic E-state index is -4.35. The van der Waals surface area contributed by atoms with E-state index in [1.165, 1.54) is 24.3 Å². The van der Waals surface area contributed by atoms with Crippen molar-refractivity contribution in [2.45, 2.75) is 11.3 Å². The minimum Gasteiger partial charge on any atom is -0.358 e. The van der Waals surface area contributed by atoms with E-state index < -0.39 is 44.5 Å². The van der Waals surface area contributed by atoms with Crippen LogP contribution in [0.4, 0.5) is 23.2 Å². The van der Waals surface area contributed by atoms with Gasteiger partial charge in [-0.25, -0.2) is 31.0 Å². The number of fused-ring (bicyclic) bond motifs is 3. The van der Waals surface area contributed by atoms with Crippen molar-refractivity contribution in [3.8, 4) is 0 Å². The molecule has 0 saturated heterocycles. The minimum absolute atomic E-state index is 0.152. The number of pyridine rings is 1. The number of benzene rings is 2. The van der Waals surface area contributed by atoms with Crippen LogP contribution in [-0.2, 0) is 10.0 Å². The van der Waals surface area contributed by atoms with E-state index >= 15 is 0 Å². The lowest BCUT2D eigenvalue weighted by Gasteiger charge is -2.09. The molecule has 0 fully saturated rings. The molecule has 4 rings (SSSR count). The molecule has 29 heavy (non-hydrogen) atoms. The third-order valence-electron chi connectivity index (χ3n) is 4.26. The Hall–Kier alpha value is -2.85. The summed E-state index contributed by atoms with van der Waals surface area (Å²) in [5.74, 6) is -2.06. The van der Waals surface area contributed by atoms with Gasteiger partial charge in [0.05, 0.1) is 21.7 Å². The van der Waals surface area contributed by atoms with Crippen molar-refractivity contribution < 1.29 is 26.0 Å². The number of hydrogen-bond acceptors (Lipinski definition) is 3. The highest BCUT2D eigenvalue weighted by molar-refractivity contribution is 7.93. The van der Waals surface area contributed by atoms with Gasteiger partial charge in [0.25, 0.3) is 16.4 Å². The molecule has 2 aromatic heterocycles. The molecule has 0 aliphatic heterocycles. The maximum Gasteiger partial charge on any atom is 0.280 e. The SMILES string of the molecule is O=S(=O)(Nc1cc(F)c(Cl)cc1F)c1c[nH]c2c1ccc1ccc(C(F)F)nc12. The predicted octanol–water partition coefficient (Wildman–Crippen LogP) is 5.39. The summed E-state index contributed by atoms with van der Waals surface area (Å²) in [6.07, 6.45) is -1.68. The zero-order chi connectivity index (χ0) is 20.9. The number of alkyl halides is 2. The van der Waals surface area contributed by atoms with Crippen LogP contribution in [-0.4, -0.2) is 18.4 Å². The van der Waals surface area contributed by atoms with Crippen molar-refractivity contribution in [1.29, 1.82) is 0 Å². The van der Waals surface area contributed by atoms with E-state index in [9.17, 15) is 26.0 Å². The number of H-pyrrole nitrogens is 1. The van der Waals surface area contributed by atoms with E-state index in [-0.39, 0.29) is 21.3 Å². The highest BCUT2D eigenvalue weighted by Gasteiger charge is 2.23. The normalized spacial score (nSPS) is 12.2. The maximum atomic E-state index is 14.0. The van der Waals surface area contributed by atoms with Gasteiger partial charge in [-0.1, -0.05) is 29.8 Å². The molecular formula is C18H10ClF4N3O2S. The molecule has 0 unspecified atom stereocenters. The van der Waals surface area contributed by atoms with Gasteiger partial charge in [0.2, 0.25) is 0 Å². The van der Waals surface area contributed by atoms with Gasteiger partial charge in [-0.05, 0) is 12.1 Å². The monoisotopic (exact) mass is 443 g/mol. The third-order valence-corrected chi connectivity index (χ3v) is 5.96. The van der Waals surface area contributed by atoms with E-state index in [0.29, 0.717) is 17.5 Å². The average molecular weight is 444 g/mol. The first-order valence-corrected chi connectivity index (χ1v) is 9.90. The van der Waals surface area contributed by atoms with E-state index in [1.54, 1.807) is 0 Å². The summed E-state index contributed by atoms with van der Waals surface area (Å²) in [5.41, 5.74) is -0.709. The lowest BCUT2D eigenvalue weighted by molar-refractivity contribution is 0.146. The van der Waals surface area contributed by atoms with Crippen LogP contribution in [0.2, 0.25) is 5.02 Å². The number of sulfonamides is 1. The number of nitrogens with one attached hydrogen (secondary N) is 2. The Morgan fingerprint density at radius 2 is 1.79 bits per heavy atom. The number of nitrogens with zero attached hydrogens (tertiary/aromatic N) is 1. The zero-order valence-corrected chi connectivity index (χ0v) is 15.8. The molecule has 0 amide bonds. The van der Waals surface area contributed by atoms with E-state index in [2.05, 4.69) is 9.97 Å². The standard InChI is InChI=1S/C18H10ClF4N3O2S/c19-10-5-12(21)14(6-11(10)20)26-29(27,28)15-7-24-17-9(15)3-1-8-2-4-13(18(22)23)25-16(8)17/h1-7,18,24,26H. The number of rotatable bonds is 4. The Morgan fingerprint density at radius 3 is 2.52 bits per heavy atom. The van der Waals surface area contributed by atoms with Gasteiger partial charge in [0.15, 0.2) is 0 Å². The molecule has 2 aromatic carbocycles. The number of hydrogen-bond donors (Lipinski definition) is 2. The topological polar surface area (TPSA) is 74.8 Å². The van der Waals surface area contributed by atoms with Crippen molar-refractivity contribution in [1.82, 2.24) is 9.97 Å². The summed E-state index contributed by atoms with van der Waals surface area (Å²) >= 11 is 5.47. The Morgan fingerprint density at radius 1 is 1.07 bits per heavy atom. The van der Waals surface area contributed by atoms with Gasteiger partial charge in [-0.2, -0.15) is 0 Å². The van der Waals surface area contributed by atoms with Crippen molar-refractivity contribution in [2.75, 3.05) is 4.72 Å². The first-order valence-electron chi connectivity index (χ1n) is 8.03. The molecular weight excluding hydrogens is 434 g/mol. The second-order valence-electron chi connectivity index (χ2n) is 6.10. The molecule has 2 heterocycles. The Balaban J connectivity index is 1.84. The van der Waals surface area contributed by atoms with Crippen LogP contribution in [0.3, 0.4) is 0 Å². The number of halogens is 5. The molecule has 5 nitrogen and oxygen atoms in total.